The lowest BCUT2D eigenvalue weighted by atomic mass is 10.0. The summed E-state index contributed by atoms with van der Waals surface area (Å²) in [4.78, 5) is 20.3. The minimum Gasteiger partial charge on any atom is -0.490 e. The van der Waals surface area contributed by atoms with Gasteiger partial charge in [-0.25, -0.2) is 0 Å². The molecule has 0 spiro atoms. The molecule has 0 aliphatic heterocycles. The molecule has 2 heterocycles. The zero-order chi connectivity index (χ0) is 24.8. The number of nitrogens with zero attached hydrogens (tertiary/aromatic N) is 3. The molecular formula is C25H32N4O5. The van der Waals surface area contributed by atoms with E-state index in [1.807, 2.05) is 45.0 Å². The highest BCUT2D eigenvalue weighted by atomic mass is 16.5. The highest BCUT2D eigenvalue weighted by molar-refractivity contribution is 5.76. The number of aromatic nitrogens is 3. The van der Waals surface area contributed by atoms with Gasteiger partial charge in [-0.1, -0.05) is 25.9 Å². The molecule has 9 nitrogen and oxygen atoms in total. The van der Waals surface area contributed by atoms with Gasteiger partial charge < -0.3 is 24.8 Å². The van der Waals surface area contributed by atoms with Gasteiger partial charge in [-0.2, -0.15) is 4.98 Å². The molecule has 0 saturated heterocycles. The second kappa shape index (κ2) is 11.2. The Morgan fingerprint density at radius 2 is 1.91 bits per heavy atom. The van der Waals surface area contributed by atoms with Crippen molar-refractivity contribution in [3.63, 3.8) is 0 Å². The van der Waals surface area contributed by atoms with E-state index in [4.69, 9.17) is 14.4 Å². The smallest absolute Gasteiger partial charge is 0.258 e. The standard InChI is InChI=1S/C25H32N4O5/c1-6-17-9-18(7-15(4)23(17)33-13-20(31)11-26-22(32)12-30)24-28-25(34-29-24)19-8-16(5)27-21(10-19)14(2)3/h7-10,14,20,30-31H,6,11-13H2,1-5H3,(H,26,32). The summed E-state index contributed by atoms with van der Waals surface area (Å²) in [5.74, 6) is 1.33. The van der Waals surface area contributed by atoms with Gasteiger partial charge in [0.2, 0.25) is 11.7 Å². The fraction of sp³-hybridized carbons (Fsp3) is 0.440. The molecule has 3 N–H and O–H groups in total. The van der Waals surface area contributed by atoms with Gasteiger partial charge in [0.25, 0.3) is 5.89 Å². The maximum absolute atomic E-state index is 11.1. The van der Waals surface area contributed by atoms with E-state index in [9.17, 15) is 9.90 Å². The van der Waals surface area contributed by atoms with Crippen LogP contribution in [0.25, 0.3) is 22.8 Å². The Hall–Kier alpha value is -3.30. The van der Waals surface area contributed by atoms with Crippen LogP contribution in [0.4, 0.5) is 0 Å². The van der Waals surface area contributed by atoms with Crippen molar-refractivity contribution in [3.05, 3.63) is 46.8 Å². The summed E-state index contributed by atoms with van der Waals surface area (Å²) in [7, 11) is 0. The van der Waals surface area contributed by atoms with E-state index in [-0.39, 0.29) is 19.1 Å². The summed E-state index contributed by atoms with van der Waals surface area (Å²) >= 11 is 0. The summed E-state index contributed by atoms with van der Waals surface area (Å²) in [5.41, 5.74) is 5.32. The van der Waals surface area contributed by atoms with Crippen molar-refractivity contribution in [3.8, 4) is 28.6 Å². The molecule has 0 aliphatic carbocycles. The topological polar surface area (TPSA) is 131 Å². The zero-order valence-electron chi connectivity index (χ0n) is 20.3. The summed E-state index contributed by atoms with van der Waals surface area (Å²) in [6, 6.07) is 7.77. The summed E-state index contributed by atoms with van der Waals surface area (Å²) in [6.07, 6.45) is -0.202. The zero-order valence-corrected chi connectivity index (χ0v) is 20.3. The molecule has 0 radical (unpaired) electrons. The normalized spacial score (nSPS) is 12.1. The largest absolute Gasteiger partial charge is 0.490 e. The average Bonchev–Trinajstić information content (AvgIpc) is 3.31. The van der Waals surface area contributed by atoms with E-state index in [2.05, 4.69) is 34.3 Å². The first-order valence-electron chi connectivity index (χ1n) is 11.4. The highest BCUT2D eigenvalue weighted by Crippen LogP contribution is 2.31. The number of aliphatic hydroxyl groups is 2. The minimum absolute atomic E-state index is 0.00335. The molecule has 1 unspecified atom stereocenters. The number of ether oxygens (including phenoxy) is 1. The van der Waals surface area contributed by atoms with Crippen molar-refractivity contribution in [1.29, 1.82) is 0 Å². The predicted octanol–water partition coefficient (Wildman–Crippen LogP) is 2.95. The van der Waals surface area contributed by atoms with Crippen molar-refractivity contribution in [1.82, 2.24) is 20.4 Å². The van der Waals surface area contributed by atoms with Crippen molar-refractivity contribution < 1.29 is 24.3 Å². The Labute approximate surface area is 199 Å². The number of carbonyl (C=O) groups is 1. The molecule has 2 aromatic heterocycles. The van der Waals surface area contributed by atoms with Crippen LogP contribution in [0.5, 0.6) is 5.75 Å². The fourth-order valence-electron chi connectivity index (χ4n) is 3.54. The van der Waals surface area contributed by atoms with Crippen molar-refractivity contribution in [2.45, 2.75) is 53.1 Å². The van der Waals surface area contributed by atoms with E-state index in [0.717, 1.165) is 33.6 Å². The molecule has 1 amide bonds. The van der Waals surface area contributed by atoms with Gasteiger partial charge in [-0.3, -0.25) is 9.78 Å². The van der Waals surface area contributed by atoms with Crippen LogP contribution in [-0.4, -0.2) is 57.1 Å². The van der Waals surface area contributed by atoms with Gasteiger partial charge >= 0.3 is 0 Å². The molecule has 0 fully saturated rings. The van der Waals surface area contributed by atoms with Gasteiger partial charge in [0.15, 0.2) is 0 Å². The van der Waals surface area contributed by atoms with Gasteiger partial charge in [-0.05, 0) is 61.6 Å². The van der Waals surface area contributed by atoms with E-state index >= 15 is 0 Å². The molecular weight excluding hydrogens is 436 g/mol. The first-order chi connectivity index (χ1) is 16.2. The number of nitrogens with one attached hydrogen (secondary N) is 1. The van der Waals surface area contributed by atoms with Crippen molar-refractivity contribution in [2.75, 3.05) is 19.8 Å². The number of hydrogen-bond acceptors (Lipinski definition) is 8. The van der Waals surface area contributed by atoms with Crippen LogP contribution >= 0.6 is 0 Å². The minimum atomic E-state index is -0.904. The van der Waals surface area contributed by atoms with E-state index < -0.39 is 18.6 Å². The number of hydrogen-bond donors (Lipinski definition) is 3. The third kappa shape index (κ3) is 6.18. The molecule has 1 atom stereocenters. The van der Waals surface area contributed by atoms with Crippen LogP contribution in [0.2, 0.25) is 0 Å². The molecule has 9 heteroatoms. The second-order valence-electron chi connectivity index (χ2n) is 8.56. The van der Waals surface area contributed by atoms with Crippen LogP contribution in [0.3, 0.4) is 0 Å². The number of aryl methyl sites for hydroxylation is 3. The van der Waals surface area contributed by atoms with Gasteiger partial charge in [0, 0.05) is 29.1 Å². The quantitative estimate of drug-likeness (QED) is 0.414. The SMILES string of the molecule is CCc1cc(-c2noc(-c3cc(C)nc(C(C)C)c3)n2)cc(C)c1OCC(O)CNC(=O)CO. The molecule has 1 aromatic carbocycles. The van der Waals surface area contributed by atoms with Crippen molar-refractivity contribution >= 4 is 5.91 Å². The predicted molar refractivity (Wildman–Crippen MR) is 128 cm³/mol. The van der Waals surface area contributed by atoms with Gasteiger partial charge in [-0.15, -0.1) is 0 Å². The first kappa shape index (κ1) is 25.3. The van der Waals surface area contributed by atoms with Crippen LogP contribution in [0.1, 0.15) is 49.2 Å². The first-order valence-corrected chi connectivity index (χ1v) is 11.4. The molecule has 3 aromatic rings. The molecule has 0 bridgehead atoms. The Kier molecular flexibility index (Phi) is 8.36. The third-order valence-corrected chi connectivity index (χ3v) is 5.33. The summed E-state index contributed by atoms with van der Waals surface area (Å²) < 4.78 is 11.4. The van der Waals surface area contributed by atoms with Crippen LogP contribution in [-0.2, 0) is 11.2 Å². The molecule has 3 rings (SSSR count). The Balaban J connectivity index is 1.80. The van der Waals surface area contributed by atoms with Gasteiger partial charge in [0.1, 0.15) is 25.1 Å². The number of carbonyl (C=O) groups excluding carboxylic acids is 1. The average molecular weight is 469 g/mol. The lowest BCUT2D eigenvalue weighted by molar-refractivity contribution is -0.124. The highest BCUT2D eigenvalue weighted by Gasteiger charge is 2.17. The second-order valence-corrected chi connectivity index (χ2v) is 8.56. The summed E-state index contributed by atoms with van der Waals surface area (Å²) in [5, 5.41) is 25.4. The maximum Gasteiger partial charge on any atom is 0.258 e. The van der Waals surface area contributed by atoms with E-state index in [1.54, 1.807) is 0 Å². The Morgan fingerprint density at radius 1 is 1.15 bits per heavy atom. The summed E-state index contributed by atoms with van der Waals surface area (Å²) in [6.45, 7) is 9.44. The Bertz CT molecular complexity index is 1140. The molecule has 182 valence electrons. The lowest BCUT2D eigenvalue weighted by Gasteiger charge is -2.17. The number of amides is 1. The maximum atomic E-state index is 11.1. The molecule has 0 aliphatic rings. The Morgan fingerprint density at radius 3 is 2.59 bits per heavy atom. The van der Waals surface area contributed by atoms with Crippen molar-refractivity contribution in [2.24, 2.45) is 0 Å². The van der Waals surface area contributed by atoms with E-state index in [0.29, 0.717) is 23.9 Å². The number of rotatable bonds is 10. The number of aliphatic hydroxyl groups excluding tert-OH is 2. The van der Waals surface area contributed by atoms with Crippen LogP contribution in [0, 0.1) is 13.8 Å². The van der Waals surface area contributed by atoms with E-state index in [1.165, 1.54) is 0 Å². The monoisotopic (exact) mass is 468 g/mol. The third-order valence-electron chi connectivity index (χ3n) is 5.33. The van der Waals surface area contributed by atoms with Crippen LogP contribution < -0.4 is 10.1 Å². The van der Waals surface area contributed by atoms with Crippen LogP contribution in [0.15, 0.2) is 28.8 Å². The lowest BCUT2D eigenvalue weighted by Crippen LogP contribution is -2.36. The molecule has 0 saturated carbocycles. The fourth-order valence-corrected chi connectivity index (χ4v) is 3.54. The molecule has 34 heavy (non-hydrogen) atoms. The number of pyridine rings is 1. The number of benzene rings is 1. The van der Waals surface area contributed by atoms with Gasteiger partial charge in [0.05, 0.1) is 0 Å².